The molecule has 1 unspecified atom stereocenters. The second kappa shape index (κ2) is 10.1. The van der Waals surface area contributed by atoms with Crippen LogP contribution >= 0.6 is 25.6 Å². The van der Waals surface area contributed by atoms with Crippen molar-refractivity contribution in [3.63, 3.8) is 0 Å². The van der Waals surface area contributed by atoms with Crippen LogP contribution in [0.25, 0.3) is 0 Å². The Balaban J connectivity index is 0.000000158. The minimum Gasteiger partial charge on any atom is -0.388 e. The van der Waals surface area contributed by atoms with Crippen molar-refractivity contribution in [1.82, 2.24) is 0 Å². The Hall–Kier alpha value is 0.340. The van der Waals surface area contributed by atoms with Crippen LogP contribution in [0.1, 0.15) is 19.3 Å². The lowest BCUT2D eigenvalue weighted by atomic mass is 10.1. The molecule has 28 heavy (non-hydrogen) atoms. The summed E-state index contributed by atoms with van der Waals surface area (Å²) in [6.45, 7) is 2.45. The summed E-state index contributed by atoms with van der Waals surface area (Å²) >= 11 is 1.17. The molecular weight excluding hydrogens is 412 g/mol. The van der Waals surface area contributed by atoms with E-state index >= 15 is 0 Å². The van der Waals surface area contributed by atoms with E-state index in [-0.39, 0.29) is 49.0 Å². The van der Waals surface area contributed by atoms with Gasteiger partial charge in [-0.3, -0.25) is 0 Å². The molecule has 0 bridgehead atoms. The third kappa shape index (κ3) is 4.65. The van der Waals surface area contributed by atoms with E-state index in [1.54, 1.807) is 0 Å². The maximum Gasteiger partial charge on any atom is 0.158 e. The number of thiol groups is 2. The van der Waals surface area contributed by atoms with Crippen molar-refractivity contribution in [2.45, 2.75) is 74.4 Å². The molecule has 0 aliphatic carbocycles. The highest BCUT2D eigenvalue weighted by Gasteiger charge is 2.50. The van der Waals surface area contributed by atoms with Gasteiger partial charge < -0.3 is 41.9 Å². The van der Waals surface area contributed by atoms with Crippen LogP contribution in [0, 0.1) is 0 Å². The number of rotatable bonds is 6. The van der Waals surface area contributed by atoms with E-state index in [1.165, 1.54) is 0 Å². The Bertz CT molecular complexity index is 533. The van der Waals surface area contributed by atoms with Gasteiger partial charge in [0.15, 0.2) is 6.29 Å². The van der Waals surface area contributed by atoms with Crippen molar-refractivity contribution < 1.29 is 41.9 Å². The first-order chi connectivity index (χ1) is 14.7. The first-order valence-electron chi connectivity index (χ1n) is 10.5. The van der Waals surface area contributed by atoms with Crippen LogP contribution < -0.4 is 0 Å². The lowest BCUT2D eigenvalue weighted by molar-refractivity contribution is -0.202. The first kappa shape index (κ1) is 19.1. The van der Waals surface area contributed by atoms with Gasteiger partial charge in [-0.25, -0.2) is 0 Å². The largest absolute Gasteiger partial charge is 0.388 e. The van der Waals surface area contributed by atoms with E-state index in [0.717, 1.165) is 25.9 Å². The normalized spacial score (nSPS) is 48.4. The number of fused-ring (bicyclic) bond motifs is 2. The zero-order valence-corrected chi connectivity index (χ0v) is 17.0. The van der Waals surface area contributed by atoms with Gasteiger partial charge in [-0.2, -0.15) is 0 Å². The van der Waals surface area contributed by atoms with Gasteiger partial charge in [0.1, 0.15) is 51.1 Å². The summed E-state index contributed by atoms with van der Waals surface area (Å²) in [5, 5.41) is 9.33. The topological polar surface area (TPSA) is 94.1 Å². The Labute approximate surface area is 177 Å². The van der Waals surface area contributed by atoms with Gasteiger partial charge in [0.05, 0.1) is 26.4 Å². The van der Waals surface area contributed by atoms with E-state index in [9.17, 15) is 5.11 Å². The molecule has 11 heteroatoms. The molecule has 162 valence electrons. The fraction of sp³-hybridized carbons (Fsp3) is 1.00. The summed E-state index contributed by atoms with van der Waals surface area (Å²) in [6, 6.07) is 0. The van der Waals surface area contributed by atoms with Gasteiger partial charge in [-0.15, -0.1) is 0 Å². The van der Waals surface area contributed by atoms with Crippen LogP contribution in [-0.4, -0.2) is 95.5 Å². The molecule has 5 rings (SSSR count). The molecule has 5 fully saturated rings. The quantitative estimate of drug-likeness (QED) is 0.395. The minimum absolute atomic E-state index is 0.0811. The first-order valence-corrected chi connectivity index (χ1v) is 10.4. The van der Waals surface area contributed by atoms with Crippen LogP contribution in [0.2, 0.25) is 0 Å². The molecular formula is C17H28O9S2. The van der Waals surface area contributed by atoms with Crippen molar-refractivity contribution in [2.24, 2.45) is 0 Å². The molecule has 0 amide bonds. The predicted molar refractivity (Wildman–Crippen MR) is 101 cm³/mol. The highest BCUT2D eigenvalue weighted by molar-refractivity contribution is 7.75. The van der Waals surface area contributed by atoms with E-state index in [1.807, 2.05) is 0 Å². The molecule has 0 aromatic heterocycles. The van der Waals surface area contributed by atoms with Crippen molar-refractivity contribution in [3.05, 3.63) is 0 Å². The van der Waals surface area contributed by atoms with Crippen LogP contribution in [0.4, 0.5) is 0 Å². The van der Waals surface area contributed by atoms with E-state index in [0.29, 0.717) is 52.1 Å². The summed E-state index contributed by atoms with van der Waals surface area (Å²) in [5.74, 6) is 0. The van der Waals surface area contributed by atoms with Crippen LogP contribution in [0.15, 0.2) is 0 Å². The number of aliphatic hydroxyl groups is 1. The minimum atomic E-state index is -0.542. The highest BCUT2D eigenvalue weighted by atomic mass is 32.1. The van der Waals surface area contributed by atoms with Gasteiger partial charge in [0, 0.05) is 6.61 Å². The fourth-order valence-electron chi connectivity index (χ4n) is 4.17. The molecule has 0 spiro atoms. The Morgan fingerprint density at radius 1 is 0.750 bits per heavy atom. The van der Waals surface area contributed by atoms with Crippen LogP contribution in [0.3, 0.4) is 0 Å². The Morgan fingerprint density at radius 2 is 1.36 bits per heavy atom. The molecule has 5 aliphatic heterocycles. The molecule has 5 aliphatic rings. The van der Waals surface area contributed by atoms with E-state index in [2.05, 4.69) is 0 Å². The molecule has 9 atom stereocenters. The third-order valence-electron chi connectivity index (χ3n) is 5.66. The second-order valence-corrected chi connectivity index (χ2v) is 7.88. The van der Waals surface area contributed by atoms with Crippen molar-refractivity contribution >= 4 is 25.6 Å². The summed E-state index contributed by atoms with van der Waals surface area (Å²) in [4.78, 5) is 0. The SMILES string of the molecule is [3H]SO[C@@H]1CO[C@H]2[C@@H]1OC[C@@H]2O.[3H]SO[C@@H]1CO[C@H]2[C@@H]1OC[C@@H]2OC1CCCCO1. The van der Waals surface area contributed by atoms with Gasteiger partial charge in [-0.05, 0) is 44.9 Å². The highest BCUT2D eigenvalue weighted by Crippen LogP contribution is 2.32. The summed E-state index contributed by atoms with van der Waals surface area (Å²) in [7, 11) is 0. The van der Waals surface area contributed by atoms with Gasteiger partial charge in [0.25, 0.3) is 0 Å². The summed E-state index contributed by atoms with van der Waals surface area (Å²) in [5.41, 5.74) is 0. The predicted octanol–water partition coefficient (Wildman–Crippen LogP) is 0.301. The smallest absolute Gasteiger partial charge is 0.158 e. The molecule has 0 aromatic carbocycles. The van der Waals surface area contributed by atoms with Crippen molar-refractivity contribution in [2.75, 3.05) is 33.0 Å². The standard InChI is InChI=1S/C11H18O5S.C6H10O4S/c17-16-8-6-14-10-7(5-13-11(8)10)15-9-3-1-2-4-12-9;7-3-1-8-6-4(10-11)2-9-5(3)6/h7-11,17H,1-6H2;3-7,11H,1-2H2/t7-,8+,9?,10+,11+;3-,4+,5+,6+/m00/s1/i/hT2. The van der Waals surface area contributed by atoms with Gasteiger partial charge >= 0.3 is 0 Å². The molecule has 9 nitrogen and oxygen atoms in total. The zero-order chi connectivity index (χ0) is 20.9. The maximum atomic E-state index is 9.33. The lowest BCUT2D eigenvalue weighted by Gasteiger charge is -2.27. The van der Waals surface area contributed by atoms with Crippen LogP contribution in [-0.2, 0) is 36.8 Å². The third-order valence-corrected chi connectivity index (χ3v) is 6.15. The number of hydrogen-bond acceptors (Lipinski definition) is 11. The molecule has 5 heterocycles. The summed E-state index contributed by atoms with van der Waals surface area (Å²) < 4.78 is 57.3. The zero-order valence-electron chi connectivity index (χ0n) is 17.4. The van der Waals surface area contributed by atoms with Gasteiger partial charge in [0.2, 0.25) is 0 Å². The second-order valence-electron chi connectivity index (χ2n) is 7.50. The molecule has 1 N–H and O–H groups in total. The van der Waals surface area contributed by atoms with Gasteiger partial charge in [-0.1, -0.05) is 0 Å². The lowest BCUT2D eigenvalue weighted by Crippen LogP contribution is -2.37. The number of aliphatic hydroxyl groups excluding tert-OH is 1. The monoisotopic (exact) mass is 444 g/mol. The van der Waals surface area contributed by atoms with E-state index in [4.69, 9.17) is 39.0 Å². The maximum absolute atomic E-state index is 9.33. The molecule has 0 saturated carbocycles. The molecule has 0 aromatic rings. The Kier molecular flexibility index (Phi) is 6.87. The average molecular weight is 445 g/mol. The molecule has 5 saturated heterocycles. The van der Waals surface area contributed by atoms with Crippen LogP contribution in [0.5, 0.6) is 0 Å². The van der Waals surface area contributed by atoms with Crippen molar-refractivity contribution in [1.29, 1.82) is 2.25 Å². The number of ether oxygens (including phenoxy) is 6. The average Bonchev–Trinajstić information content (AvgIpc) is 3.51. The Morgan fingerprint density at radius 3 is 2.04 bits per heavy atom. The fourth-order valence-corrected chi connectivity index (χ4v) is 4.50. The number of hydrogen-bond donors (Lipinski definition) is 3. The van der Waals surface area contributed by atoms with Crippen molar-refractivity contribution in [3.8, 4) is 0 Å². The molecule has 0 radical (unpaired) electrons. The summed E-state index contributed by atoms with van der Waals surface area (Å²) in [6.07, 6.45) is 1.41. The van der Waals surface area contributed by atoms with E-state index < -0.39 is 6.10 Å².